The van der Waals surface area contributed by atoms with Crippen molar-refractivity contribution in [3.8, 4) is 0 Å². The van der Waals surface area contributed by atoms with Gasteiger partial charge in [-0.15, -0.1) is 24.0 Å². The highest BCUT2D eigenvalue weighted by atomic mass is 127. The summed E-state index contributed by atoms with van der Waals surface area (Å²) in [5, 5.41) is 6.87. The van der Waals surface area contributed by atoms with Crippen molar-refractivity contribution in [3.63, 3.8) is 0 Å². The van der Waals surface area contributed by atoms with Gasteiger partial charge in [-0.3, -0.25) is 4.99 Å². The first-order chi connectivity index (χ1) is 14.0. The second-order valence-corrected chi connectivity index (χ2v) is 7.93. The third-order valence-electron chi connectivity index (χ3n) is 5.51. The summed E-state index contributed by atoms with van der Waals surface area (Å²) in [5.74, 6) is 2.30. The zero-order valence-electron chi connectivity index (χ0n) is 18.6. The van der Waals surface area contributed by atoms with Crippen molar-refractivity contribution in [2.24, 2.45) is 4.99 Å². The Morgan fingerprint density at radius 2 is 1.90 bits per heavy atom. The van der Waals surface area contributed by atoms with Crippen molar-refractivity contribution in [1.82, 2.24) is 20.5 Å². The monoisotopic (exact) mass is 522 g/mol. The number of hydrogen-bond acceptors (Lipinski definition) is 4. The van der Waals surface area contributed by atoms with Gasteiger partial charge in [-0.2, -0.15) is 0 Å². The van der Waals surface area contributed by atoms with Crippen molar-refractivity contribution in [1.29, 1.82) is 0 Å². The van der Waals surface area contributed by atoms with Crippen molar-refractivity contribution in [2.45, 2.75) is 26.3 Å². The number of halogens is 1. The molecule has 2 N–H and O–H groups in total. The van der Waals surface area contributed by atoms with Gasteiger partial charge >= 0.3 is 0 Å². The number of nitrogens with one attached hydrogen (secondary N) is 2. The summed E-state index contributed by atoms with van der Waals surface area (Å²) in [6.45, 7) is 10.2. The third-order valence-corrected chi connectivity index (χ3v) is 5.51. The number of aryl methyl sites for hydroxylation is 1. The molecule has 1 aromatic carbocycles. The molecular formula is C23H35IN6. The van der Waals surface area contributed by atoms with Crippen LogP contribution in [0.4, 0.5) is 5.82 Å². The zero-order chi connectivity index (χ0) is 20.6. The molecule has 1 atom stereocenters. The number of piperazine rings is 1. The largest absolute Gasteiger partial charge is 0.356 e. The van der Waals surface area contributed by atoms with Crippen LogP contribution in [0.25, 0.3) is 0 Å². The van der Waals surface area contributed by atoms with E-state index < -0.39 is 0 Å². The summed E-state index contributed by atoms with van der Waals surface area (Å²) in [5.41, 5.74) is 3.85. The average Bonchev–Trinajstić information content (AvgIpc) is 2.74. The molecule has 0 saturated carbocycles. The Kier molecular flexibility index (Phi) is 9.84. The fraction of sp³-hybridized carbons (Fsp3) is 0.478. The van der Waals surface area contributed by atoms with Gasteiger partial charge in [0.2, 0.25) is 0 Å². The lowest BCUT2D eigenvalue weighted by molar-refractivity contribution is 0.312. The minimum Gasteiger partial charge on any atom is -0.356 e. The molecule has 1 saturated heterocycles. The van der Waals surface area contributed by atoms with Crippen LogP contribution in [0.1, 0.15) is 29.5 Å². The highest BCUT2D eigenvalue weighted by molar-refractivity contribution is 14.0. The smallest absolute Gasteiger partial charge is 0.191 e. The summed E-state index contributed by atoms with van der Waals surface area (Å²) in [6, 6.07) is 12.9. The van der Waals surface area contributed by atoms with Crippen LogP contribution in [-0.4, -0.2) is 62.7 Å². The van der Waals surface area contributed by atoms with E-state index >= 15 is 0 Å². The van der Waals surface area contributed by atoms with E-state index in [0.29, 0.717) is 5.92 Å². The molecule has 0 amide bonds. The summed E-state index contributed by atoms with van der Waals surface area (Å²) in [4.78, 5) is 13.7. The highest BCUT2D eigenvalue weighted by Crippen LogP contribution is 2.16. The lowest BCUT2D eigenvalue weighted by atomic mass is 9.99. The van der Waals surface area contributed by atoms with E-state index in [-0.39, 0.29) is 24.0 Å². The first-order valence-electron chi connectivity index (χ1n) is 10.4. The highest BCUT2D eigenvalue weighted by Gasteiger charge is 2.15. The number of likely N-dealkylation sites (N-methyl/N-ethyl adjacent to an activating group) is 1. The Labute approximate surface area is 198 Å². The molecule has 0 spiro atoms. The lowest BCUT2D eigenvalue weighted by Gasteiger charge is -2.33. The molecule has 0 aliphatic carbocycles. The summed E-state index contributed by atoms with van der Waals surface area (Å²) < 4.78 is 0. The second kappa shape index (κ2) is 12.1. The number of nitrogens with zero attached hydrogens (tertiary/aromatic N) is 4. The molecule has 1 unspecified atom stereocenters. The molecule has 30 heavy (non-hydrogen) atoms. The molecule has 0 radical (unpaired) electrons. The van der Waals surface area contributed by atoms with E-state index in [2.05, 4.69) is 87.7 Å². The second-order valence-electron chi connectivity index (χ2n) is 7.93. The number of benzene rings is 1. The molecule has 6 nitrogen and oxygen atoms in total. The van der Waals surface area contributed by atoms with E-state index in [0.717, 1.165) is 51.0 Å². The number of pyridine rings is 1. The summed E-state index contributed by atoms with van der Waals surface area (Å²) >= 11 is 0. The molecule has 0 bridgehead atoms. The number of aromatic nitrogens is 1. The molecule has 7 heteroatoms. The van der Waals surface area contributed by atoms with Gasteiger partial charge in [0.25, 0.3) is 0 Å². The Bertz CT molecular complexity index is 817. The Morgan fingerprint density at radius 3 is 2.60 bits per heavy atom. The minimum atomic E-state index is 0. The van der Waals surface area contributed by atoms with Crippen molar-refractivity contribution in [2.75, 3.05) is 51.7 Å². The standard InChI is InChI=1S/C23H34N6.HI/c1-18-6-5-7-21(14-18)19(2)16-26-23(24-3)27-17-20-8-9-25-22(15-20)29-12-10-28(4)11-13-29;/h5-9,14-15,19H,10-13,16-17H2,1-4H3,(H2,24,26,27);1H. The fourth-order valence-corrected chi connectivity index (χ4v) is 3.53. The van der Waals surface area contributed by atoms with Crippen molar-refractivity contribution >= 4 is 35.8 Å². The van der Waals surface area contributed by atoms with Gasteiger partial charge in [0.1, 0.15) is 5.82 Å². The van der Waals surface area contributed by atoms with Gasteiger partial charge in [-0.25, -0.2) is 4.98 Å². The predicted octanol–water partition coefficient (Wildman–Crippen LogP) is 3.23. The molecule has 1 fully saturated rings. The molecular weight excluding hydrogens is 487 g/mol. The fourth-order valence-electron chi connectivity index (χ4n) is 3.53. The maximum absolute atomic E-state index is 4.57. The van der Waals surface area contributed by atoms with Crippen molar-refractivity contribution < 1.29 is 0 Å². The Hall–Kier alpha value is -1.87. The summed E-state index contributed by atoms with van der Waals surface area (Å²) in [7, 11) is 3.98. The normalized spacial score (nSPS) is 16.0. The summed E-state index contributed by atoms with van der Waals surface area (Å²) in [6.07, 6.45) is 1.90. The van der Waals surface area contributed by atoms with Gasteiger partial charge in [0.05, 0.1) is 0 Å². The lowest BCUT2D eigenvalue weighted by Crippen LogP contribution is -2.44. The van der Waals surface area contributed by atoms with Crippen LogP contribution in [0.15, 0.2) is 47.6 Å². The van der Waals surface area contributed by atoms with Crippen LogP contribution < -0.4 is 15.5 Å². The quantitative estimate of drug-likeness (QED) is 0.347. The zero-order valence-corrected chi connectivity index (χ0v) is 20.9. The van der Waals surface area contributed by atoms with E-state index in [9.17, 15) is 0 Å². The third kappa shape index (κ3) is 7.12. The predicted molar refractivity (Wildman–Crippen MR) is 137 cm³/mol. The van der Waals surface area contributed by atoms with Gasteiger partial charge in [-0.05, 0) is 43.1 Å². The molecule has 1 aliphatic heterocycles. The average molecular weight is 522 g/mol. The number of aliphatic imine (C=N–C) groups is 1. The van der Waals surface area contributed by atoms with Crippen LogP contribution in [0, 0.1) is 6.92 Å². The molecule has 1 aromatic heterocycles. The number of anilines is 1. The molecule has 2 aromatic rings. The molecule has 3 rings (SSSR count). The van der Waals surface area contributed by atoms with Crippen LogP contribution in [-0.2, 0) is 6.54 Å². The molecule has 164 valence electrons. The number of hydrogen-bond donors (Lipinski definition) is 2. The van der Waals surface area contributed by atoms with E-state index in [1.807, 2.05) is 13.2 Å². The maximum atomic E-state index is 4.57. The Balaban J connectivity index is 0.00000320. The molecule has 1 aliphatic rings. The van der Waals surface area contributed by atoms with Crippen LogP contribution in [0.2, 0.25) is 0 Å². The SMILES string of the molecule is CN=C(NCc1ccnc(N2CCN(C)CC2)c1)NCC(C)c1cccc(C)c1.I. The van der Waals surface area contributed by atoms with Gasteiger partial charge in [0, 0.05) is 52.5 Å². The first-order valence-corrected chi connectivity index (χ1v) is 10.4. The van der Waals surface area contributed by atoms with Crippen LogP contribution in [0.5, 0.6) is 0 Å². The van der Waals surface area contributed by atoms with Crippen molar-refractivity contribution in [3.05, 3.63) is 59.3 Å². The topological polar surface area (TPSA) is 55.8 Å². The van der Waals surface area contributed by atoms with Gasteiger partial charge in [-0.1, -0.05) is 36.8 Å². The van der Waals surface area contributed by atoms with E-state index in [4.69, 9.17) is 0 Å². The van der Waals surface area contributed by atoms with E-state index in [1.165, 1.54) is 16.7 Å². The van der Waals surface area contributed by atoms with Gasteiger partial charge < -0.3 is 20.4 Å². The van der Waals surface area contributed by atoms with Gasteiger partial charge in [0.15, 0.2) is 5.96 Å². The number of rotatable bonds is 6. The van der Waals surface area contributed by atoms with E-state index in [1.54, 1.807) is 0 Å². The first kappa shape index (κ1) is 24.4. The maximum Gasteiger partial charge on any atom is 0.191 e. The van der Waals surface area contributed by atoms with Crippen LogP contribution in [0.3, 0.4) is 0 Å². The Morgan fingerprint density at radius 1 is 1.13 bits per heavy atom. The number of guanidine groups is 1. The minimum absolute atomic E-state index is 0. The molecule has 2 heterocycles. The van der Waals surface area contributed by atoms with Crippen LogP contribution >= 0.6 is 24.0 Å².